The lowest BCUT2D eigenvalue weighted by atomic mass is 10.1. The molecular formula is C8H16N2O2S. The molecule has 4 nitrogen and oxygen atoms in total. The monoisotopic (exact) mass is 204 g/mol. The first-order chi connectivity index (χ1) is 6.34. The first-order valence-electron chi connectivity index (χ1n) is 4.52. The van der Waals surface area contributed by atoms with Crippen LogP contribution >= 0.6 is 11.8 Å². The van der Waals surface area contributed by atoms with Crippen molar-refractivity contribution in [2.24, 2.45) is 0 Å². The third-order valence-corrected chi connectivity index (χ3v) is 2.38. The summed E-state index contributed by atoms with van der Waals surface area (Å²) in [5.74, 6) is 0.638. The highest BCUT2D eigenvalue weighted by atomic mass is 32.2. The van der Waals surface area contributed by atoms with Gasteiger partial charge in [-0.3, -0.25) is 0 Å². The van der Waals surface area contributed by atoms with E-state index in [0.717, 1.165) is 25.9 Å². The molecule has 1 heterocycles. The van der Waals surface area contributed by atoms with Crippen LogP contribution in [0, 0.1) is 0 Å². The summed E-state index contributed by atoms with van der Waals surface area (Å²) in [6.07, 6.45) is 5.12. The van der Waals surface area contributed by atoms with E-state index < -0.39 is 0 Å². The molecule has 0 radical (unpaired) electrons. The van der Waals surface area contributed by atoms with Gasteiger partial charge in [0.2, 0.25) is 0 Å². The highest BCUT2D eigenvalue weighted by Crippen LogP contribution is 2.09. The number of hydrogen-bond acceptors (Lipinski definition) is 4. The molecule has 0 atom stereocenters. The van der Waals surface area contributed by atoms with E-state index in [1.807, 2.05) is 6.26 Å². The largest absolute Gasteiger partial charge is 0.428 e. The van der Waals surface area contributed by atoms with Crippen molar-refractivity contribution in [1.82, 2.24) is 10.4 Å². The van der Waals surface area contributed by atoms with Gasteiger partial charge in [-0.05, 0) is 25.5 Å². The van der Waals surface area contributed by atoms with Crippen LogP contribution in [0.25, 0.3) is 0 Å². The van der Waals surface area contributed by atoms with Crippen molar-refractivity contribution < 1.29 is 9.63 Å². The molecule has 13 heavy (non-hydrogen) atoms. The number of nitrogens with one attached hydrogen (secondary N) is 1. The number of nitrogens with zero attached hydrogens (tertiary/aromatic N) is 1. The smallest absolute Gasteiger partial charge is 0.353 e. The second kappa shape index (κ2) is 6.10. The molecule has 5 heteroatoms. The first-order valence-corrected chi connectivity index (χ1v) is 5.91. The average molecular weight is 204 g/mol. The number of hydrogen-bond donors (Lipinski definition) is 1. The molecule has 0 saturated carbocycles. The van der Waals surface area contributed by atoms with Gasteiger partial charge < -0.3 is 9.74 Å². The fraction of sp³-hybridized carbons (Fsp3) is 0.875. The van der Waals surface area contributed by atoms with Crippen LogP contribution in [0.2, 0.25) is 0 Å². The van der Waals surface area contributed by atoms with Crippen LogP contribution in [0.3, 0.4) is 0 Å². The van der Waals surface area contributed by atoms with E-state index in [2.05, 4.69) is 5.48 Å². The van der Waals surface area contributed by atoms with Crippen LogP contribution < -0.4 is 5.48 Å². The predicted octanol–water partition coefficient (Wildman–Crippen LogP) is 1.43. The molecule has 76 valence electrons. The summed E-state index contributed by atoms with van der Waals surface area (Å²) < 4.78 is 0. The minimum absolute atomic E-state index is 0.242. The van der Waals surface area contributed by atoms with E-state index in [-0.39, 0.29) is 6.09 Å². The summed E-state index contributed by atoms with van der Waals surface area (Å²) in [5, 5.41) is 0. The molecule has 1 amide bonds. The van der Waals surface area contributed by atoms with Gasteiger partial charge in [-0.15, -0.1) is 17.2 Å². The van der Waals surface area contributed by atoms with Crippen LogP contribution in [0.5, 0.6) is 0 Å². The zero-order valence-electron chi connectivity index (χ0n) is 7.91. The van der Waals surface area contributed by atoms with Crippen molar-refractivity contribution in [2.75, 3.05) is 25.2 Å². The quantitative estimate of drug-likeness (QED) is 0.429. The molecule has 1 rings (SSSR count). The average Bonchev–Trinajstić information content (AvgIpc) is 2.19. The van der Waals surface area contributed by atoms with Gasteiger partial charge in [0, 0.05) is 13.1 Å². The standard InChI is InChI=1S/C8H16N2O2S/c1-13-7-9-12-8(11)10-5-3-2-4-6-10/h9H,2-7H2,1H3. The first kappa shape index (κ1) is 10.7. The van der Waals surface area contributed by atoms with Gasteiger partial charge in [-0.1, -0.05) is 0 Å². The van der Waals surface area contributed by atoms with Crippen molar-refractivity contribution in [3.8, 4) is 0 Å². The van der Waals surface area contributed by atoms with Crippen molar-refractivity contribution in [3.05, 3.63) is 0 Å². The summed E-state index contributed by atoms with van der Waals surface area (Å²) in [4.78, 5) is 17.9. The zero-order valence-corrected chi connectivity index (χ0v) is 8.73. The minimum Gasteiger partial charge on any atom is -0.353 e. The Bertz CT molecular complexity index is 160. The Labute approximate surface area is 82.9 Å². The molecule has 0 aromatic carbocycles. The van der Waals surface area contributed by atoms with Crippen LogP contribution in [0.4, 0.5) is 4.79 Å². The summed E-state index contributed by atoms with van der Waals surface area (Å²) in [6, 6.07) is 0. The molecule has 0 spiro atoms. The van der Waals surface area contributed by atoms with Crippen LogP contribution in [-0.4, -0.2) is 36.2 Å². The van der Waals surface area contributed by atoms with Gasteiger partial charge in [0.15, 0.2) is 0 Å². The molecular weight excluding hydrogens is 188 g/mol. The van der Waals surface area contributed by atoms with Crippen LogP contribution in [0.15, 0.2) is 0 Å². The van der Waals surface area contributed by atoms with Gasteiger partial charge in [0.25, 0.3) is 0 Å². The highest BCUT2D eigenvalue weighted by molar-refractivity contribution is 7.98. The van der Waals surface area contributed by atoms with E-state index in [4.69, 9.17) is 4.84 Å². The van der Waals surface area contributed by atoms with E-state index in [0.29, 0.717) is 5.88 Å². The van der Waals surface area contributed by atoms with Crippen LogP contribution in [0.1, 0.15) is 19.3 Å². The van der Waals surface area contributed by atoms with E-state index >= 15 is 0 Å². The molecule has 0 bridgehead atoms. The van der Waals surface area contributed by atoms with E-state index in [1.165, 1.54) is 6.42 Å². The van der Waals surface area contributed by atoms with Crippen molar-refractivity contribution in [1.29, 1.82) is 0 Å². The summed E-state index contributed by atoms with van der Waals surface area (Å²) >= 11 is 1.58. The number of rotatable bonds is 3. The molecule has 0 unspecified atom stereocenters. The molecule has 1 fully saturated rings. The van der Waals surface area contributed by atoms with Crippen LogP contribution in [-0.2, 0) is 4.84 Å². The van der Waals surface area contributed by atoms with Crippen molar-refractivity contribution >= 4 is 17.9 Å². The second-order valence-corrected chi connectivity index (χ2v) is 3.86. The molecule has 1 N–H and O–H groups in total. The SMILES string of the molecule is CSCNOC(=O)N1CCCCC1. The summed E-state index contributed by atoms with van der Waals surface area (Å²) in [6.45, 7) is 1.67. The Balaban J connectivity index is 2.13. The number of likely N-dealkylation sites (tertiary alicyclic amines) is 1. The number of hydroxylamine groups is 1. The number of thioether (sulfide) groups is 1. The van der Waals surface area contributed by atoms with Crippen molar-refractivity contribution in [3.63, 3.8) is 0 Å². The van der Waals surface area contributed by atoms with E-state index in [9.17, 15) is 4.79 Å². The Morgan fingerprint density at radius 2 is 2.15 bits per heavy atom. The maximum atomic E-state index is 11.3. The lowest BCUT2D eigenvalue weighted by molar-refractivity contribution is 0.0578. The second-order valence-electron chi connectivity index (χ2n) is 2.99. The Morgan fingerprint density at radius 3 is 2.77 bits per heavy atom. The van der Waals surface area contributed by atoms with Gasteiger partial charge >= 0.3 is 6.09 Å². The Kier molecular flexibility index (Phi) is 5.00. The molecule has 0 aromatic heterocycles. The normalized spacial score (nSPS) is 17.2. The fourth-order valence-corrected chi connectivity index (χ4v) is 1.47. The topological polar surface area (TPSA) is 41.6 Å². The third-order valence-electron chi connectivity index (χ3n) is 1.98. The van der Waals surface area contributed by atoms with Gasteiger partial charge in [0.1, 0.15) is 0 Å². The summed E-state index contributed by atoms with van der Waals surface area (Å²) in [7, 11) is 0. The molecule has 1 aliphatic rings. The molecule has 0 aromatic rings. The molecule has 1 aliphatic heterocycles. The van der Waals surface area contributed by atoms with Gasteiger partial charge in [0.05, 0.1) is 5.88 Å². The highest BCUT2D eigenvalue weighted by Gasteiger charge is 2.17. The predicted molar refractivity (Wildman–Crippen MR) is 53.4 cm³/mol. The van der Waals surface area contributed by atoms with E-state index in [1.54, 1.807) is 16.7 Å². The lowest BCUT2D eigenvalue weighted by Crippen LogP contribution is -2.38. The Morgan fingerprint density at radius 1 is 1.46 bits per heavy atom. The zero-order chi connectivity index (χ0) is 9.52. The fourth-order valence-electron chi connectivity index (χ4n) is 1.29. The molecule has 1 saturated heterocycles. The number of amides is 1. The lowest BCUT2D eigenvalue weighted by Gasteiger charge is -2.25. The van der Waals surface area contributed by atoms with Crippen molar-refractivity contribution in [2.45, 2.75) is 19.3 Å². The number of piperidine rings is 1. The maximum Gasteiger partial charge on any atom is 0.428 e. The number of carbonyl (C=O) groups excluding carboxylic acids is 1. The number of carbonyl (C=O) groups is 1. The van der Waals surface area contributed by atoms with Gasteiger partial charge in [-0.2, -0.15) is 0 Å². The summed E-state index contributed by atoms with van der Waals surface area (Å²) in [5.41, 5.74) is 2.60. The molecule has 0 aliphatic carbocycles. The third kappa shape index (κ3) is 3.87. The van der Waals surface area contributed by atoms with Gasteiger partial charge in [-0.25, -0.2) is 4.79 Å². The minimum atomic E-state index is -0.242. The maximum absolute atomic E-state index is 11.3. The Hall–Kier alpha value is -0.420.